The third-order valence-corrected chi connectivity index (χ3v) is 1.87. The number of halogens is 3. The Bertz CT molecular complexity index is 391. The summed E-state index contributed by atoms with van der Waals surface area (Å²) in [6.07, 6.45) is -3.75. The Hall–Kier alpha value is -1.64. The zero-order valence-corrected chi connectivity index (χ0v) is 9.67. The summed E-state index contributed by atoms with van der Waals surface area (Å²) in [5.41, 5.74) is 0. The third-order valence-electron chi connectivity index (χ3n) is 1.87. The summed E-state index contributed by atoms with van der Waals surface area (Å²) in [5, 5.41) is 8.56. The second-order valence-corrected chi connectivity index (χ2v) is 3.38. The molecular weight excluding hydrogens is 253 g/mol. The first-order chi connectivity index (χ1) is 8.42. The Morgan fingerprint density at radius 3 is 2.78 bits per heavy atom. The molecule has 0 radical (unpaired) electrons. The number of aromatic amines is 1. The van der Waals surface area contributed by atoms with Crippen LogP contribution in [0.15, 0.2) is 0 Å². The molecule has 0 saturated carbocycles. The van der Waals surface area contributed by atoms with Crippen molar-refractivity contribution >= 4 is 5.91 Å². The number of carbonyl (C=O) groups excluding carboxylic acids is 1. The first-order valence-corrected chi connectivity index (χ1v) is 5.26. The van der Waals surface area contributed by atoms with Crippen LogP contribution in [0, 0.1) is 0 Å². The molecule has 1 amide bonds. The lowest BCUT2D eigenvalue weighted by Gasteiger charge is -2.07. The normalized spacial score (nSPS) is 11.6. The predicted molar refractivity (Wildman–Crippen MR) is 55.0 cm³/mol. The van der Waals surface area contributed by atoms with E-state index in [2.05, 4.69) is 25.2 Å². The van der Waals surface area contributed by atoms with E-state index in [4.69, 9.17) is 0 Å². The number of ether oxygens (including phenoxy) is 1. The van der Waals surface area contributed by atoms with Gasteiger partial charge in [0.25, 0.3) is 5.91 Å². The molecule has 102 valence electrons. The molecule has 1 aromatic rings. The van der Waals surface area contributed by atoms with Crippen molar-refractivity contribution < 1.29 is 22.7 Å². The van der Waals surface area contributed by atoms with Crippen LogP contribution in [0.3, 0.4) is 0 Å². The van der Waals surface area contributed by atoms with Crippen molar-refractivity contribution in [2.75, 3.05) is 19.8 Å². The van der Waals surface area contributed by atoms with Gasteiger partial charge >= 0.3 is 6.18 Å². The van der Waals surface area contributed by atoms with E-state index in [9.17, 15) is 18.0 Å². The quantitative estimate of drug-likeness (QED) is 0.742. The minimum absolute atomic E-state index is 0.0368. The van der Waals surface area contributed by atoms with Crippen LogP contribution < -0.4 is 5.32 Å². The van der Waals surface area contributed by atoms with Gasteiger partial charge in [0, 0.05) is 13.0 Å². The average molecular weight is 266 g/mol. The fourth-order valence-electron chi connectivity index (χ4n) is 1.06. The van der Waals surface area contributed by atoms with E-state index in [1.807, 2.05) is 6.92 Å². The highest BCUT2D eigenvalue weighted by Gasteiger charge is 2.27. The van der Waals surface area contributed by atoms with Gasteiger partial charge in [0.15, 0.2) is 0 Å². The van der Waals surface area contributed by atoms with Crippen molar-refractivity contribution in [2.45, 2.75) is 19.5 Å². The highest BCUT2D eigenvalue weighted by molar-refractivity contribution is 5.90. The molecule has 1 heterocycles. The van der Waals surface area contributed by atoms with E-state index in [0.29, 0.717) is 12.2 Å². The highest BCUT2D eigenvalue weighted by Crippen LogP contribution is 2.13. The largest absolute Gasteiger partial charge is 0.411 e. The molecule has 0 aliphatic carbocycles. The Morgan fingerprint density at radius 2 is 2.22 bits per heavy atom. The Labute approximate surface area is 101 Å². The molecule has 0 saturated heterocycles. The molecular formula is C9H13F3N4O2. The van der Waals surface area contributed by atoms with Crippen LogP contribution in [-0.2, 0) is 11.2 Å². The van der Waals surface area contributed by atoms with Crippen molar-refractivity contribution in [2.24, 2.45) is 0 Å². The van der Waals surface area contributed by atoms with E-state index >= 15 is 0 Å². The van der Waals surface area contributed by atoms with E-state index in [0.717, 1.165) is 0 Å². The number of hydrogen-bond acceptors (Lipinski definition) is 4. The average Bonchev–Trinajstić information content (AvgIpc) is 2.75. The highest BCUT2D eigenvalue weighted by atomic mass is 19.4. The smallest absolute Gasteiger partial charge is 0.370 e. The SMILES string of the molecule is CCc1nc(C(=O)NCCOCC(F)(F)F)n[nH]1. The third kappa shape index (κ3) is 5.13. The Balaban J connectivity index is 2.21. The van der Waals surface area contributed by atoms with Crippen molar-refractivity contribution in [3.05, 3.63) is 11.6 Å². The topological polar surface area (TPSA) is 79.9 Å². The molecule has 0 aliphatic rings. The predicted octanol–water partition coefficient (Wildman–Crippen LogP) is 0.676. The molecule has 6 nitrogen and oxygen atoms in total. The van der Waals surface area contributed by atoms with Gasteiger partial charge in [0.05, 0.1) is 6.61 Å². The molecule has 0 unspecified atom stereocenters. The van der Waals surface area contributed by atoms with E-state index in [1.165, 1.54) is 0 Å². The second-order valence-electron chi connectivity index (χ2n) is 3.38. The van der Waals surface area contributed by atoms with Crippen molar-refractivity contribution in [1.82, 2.24) is 20.5 Å². The summed E-state index contributed by atoms with van der Waals surface area (Å²) in [4.78, 5) is 15.3. The minimum atomic E-state index is -4.36. The maximum Gasteiger partial charge on any atom is 0.411 e. The standard InChI is InChI=1S/C9H13F3N4O2/c1-2-6-14-7(16-15-6)8(17)13-3-4-18-5-9(10,11)12/h2-5H2,1H3,(H,13,17)(H,14,15,16). The minimum Gasteiger partial charge on any atom is -0.370 e. The molecule has 0 aliphatic heterocycles. The van der Waals surface area contributed by atoms with Crippen LogP contribution in [0.4, 0.5) is 13.2 Å². The van der Waals surface area contributed by atoms with Crippen LogP contribution >= 0.6 is 0 Å². The first kappa shape index (κ1) is 14.4. The molecule has 2 N–H and O–H groups in total. The number of hydrogen-bond donors (Lipinski definition) is 2. The summed E-state index contributed by atoms with van der Waals surface area (Å²) in [5.74, 6) is -0.0299. The second kappa shape index (κ2) is 6.34. The van der Waals surface area contributed by atoms with Crippen molar-refractivity contribution in [1.29, 1.82) is 0 Å². The number of H-pyrrole nitrogens is 1. The monoisotopic (exact) mass is 266 g/mol. The molecule has 0 spiro atoms. The molecule has 0 bridgehead atoms. The molecule has 9 heteroatoms. The Kier molecular flexibility index (Phi) is 5.08. The first-order valence-electron chi connectivity index (χ1n) is 5.26. The lowest BCUT2D eigenvalue weighted by Crippen LogP contribution is -2.29. The molecule has 0 aromatic carbocycles. The van der Waals surface area contributed by atoms with Crippen molar-refractivity contribution in [3.63, 3.8) is 0 Å². The van der Waals surface area contributed by atoms with Crippen LogP contribution in [0.2, 0.25) is 0 Å². The fourth-order valence-corrected chi connectivity index (χ4v) is 1.06. The number of rotatable bonds is 6. The lowest BCUT2D eigenvalue weighted by atomic mass is 10.4. The summed E-state index contributed by atoms with van der Waals surface area (Å²) in [6.45, 7) is 0.248. The molecule has 0 atom stereocenters. The number of amides is 1. The van der Waals surface area contributed by atoms with Gasteiger partial charge in [-0.3, -0.25) is 9.89 Å². The zero-order chi connectivity index (χ0) is 13.6. The number of nitrogens with zero attached hydrogens (tertiary/aromatic N) is 2. The number of carbonyl (C=O) groups is 1. The number of alkyl halides is 3. The van der Waals surface area contributed by atoms with Crippen LogP contribution in [0.5, 0.6) is 0 Å². The van der Waals surface area contributed by atoms with Gasteiger partial charge in [0.1, 0.15) is 12.4 Å². The van der Waals surface area contributed by atoms with Gasteiger partial charge in [0.2, 0.25) is 5.82 Å². The summed E-state index contributed by atoms with van der Waals surface area (Å²) in [6, 6.07) is 0. The number of nitrogens with one attached hydrogen (secondary N) is 2. The van der Waals surface area contributed by atoms with Gasteiger partial charge in [-0.2, -0.15) is 13.2 Å². The Morgan fingerprint density at radius 1 is 1.50 bits per heavy atom. The van der Waals surface area contributed by atoms with Gasteiger partial charge in [-0.05, 0) is 0 Å². The lowest BCUT2D eigenvalue weighted by molar-refractivity contribution is -0.173. The van der Waals surface area contributed by atoms with Crippen LogP contribution in [0.25, 0.3) is 0 Å². The summed E-state index contributed by atoms with van der Waals surface area (Å²) < 4.78 is 39.5. The fraction of sp³-hybridized carbons (Fsp3) is 0.667. The van der Waals surface area contributed by atoms with Gasteiger partial charge in [-0.25, -0.2) is 4.98 Å². The van der Waals surface area contributed by atoms with Crippen LogP contribution in [0.1, 0.15) is 23.4 Å². The van der Waals surface area contributed by atoms with E-state index < -0.39 is 18.7 Å². The molecule has 1 aromatic heterocycles. The number of aromatic nitrogens is 3. The van der Waals surface area contributed by atoms with E-state index in [1.54, 1.807) is 0 Å². The van der Waals surface area contributed by atoms with Gasteiger partial charge < -0.3 is 10.1 Å². The van der Waals surface area contributed by atoms with Crippen molar-refractivity contribution in [3.8, 4) is 0 Å². The molecule has 0 fully saturated rings. The summed E-state index contributed by atoms with van der Waals surface area (Å²) in [7, 11) is 0. The van der Waals surface area contributed by atoms with E-state index in [-0.39, 0.29) is 19.0 Å². The van der Waals surface area contributed by atoms with Crippen LogP contribution in [-0.4, -0.2) is 47.0 Å². The maximum absolute atomic E-state index is 11.7. The number of aryl methyl sites for hydroxylation is 1. The maximum atomic E-state index is 11.7. The van der Waals surface area contributed by atoms with Gasteiger partial charge in [-0.15, -0.1) is 5.10 Å². The summed E-state index contributed by atoms with van der Waals surface area (Å²) >= 11 is 0. The van der Waals surface area contributed by atoms with Gasteiger partial charge in [-0.1, -0.05) is 6.92 Å². The molecule has 18 heavy (non-hydrogen) atoms. The molecule has 1 rings (SSSR count). The zero-order valence-electron chi connectivity index (χ0n) is 9.67.